The topological polar surface area (TPSA) is 102 Å². The van der Waals surface area contributed by atoms with E-state index in [0.29, 0.717) is 28.2 Å². The first-order valence-corrected chi connectivity index (χ1v) is 15.6. The second-order valence-electron chi connectivity index (χ2n) is 10.7. The highest BCUT2D eigenvalue weighted by Crippen LogP contribution is 2.33. The molecule has 8 nitrogen and oxygen atoms in total. The summed E-state index contributed by atoms with van der Waals surface area (Å²) in [6.45, 7) is 3.75. The lowest BCUT2D eigenvalue weighted by molar-refractivity contribution is -0.545. The summed E-state index contributed by atoms with van der Waals surface area (Å²) in [5.74, 6) is 1.27. The van der Waals surface area contributed by atoms with Gasteiger partial charge in [0.2, 0.25) is 0 Å². The van der Waals surface area contributed by atoms with Gasteiger partial charge in [-0.3, -0.25) is 0 Å². The third-order valence-electron chi connectivity index (χ3n) is 7.22. The number of halogens is 3. The van der Waals surface area contributed by atoms with Gasteiger partial charge in [0, 0.05) is 0 Å². The summed E-state index contributed by atoms with van der Waals surface area (Å²) in [4.78, 5) is -0.0781. The Kier molecular flexibility index (Phi) is 9.33. The number of hydrogen-bond acceptors (Lipinski definition) is 7. The molecular weight excluding hydrogens is 617 g/mol. The Hall–Kier alpha value is -4.91. The molecule has 0 aromatic heterocycles. The van der Waals surface area contributed by atoms with Gasteiger partial charge in [0.15, 0.2) is 0 Å². The SMILES string of the molecule is CC(C)c1ccc2ccccc2c1S(=O)(=O)[O-].COc1cccc(C2=NN(c3cccc(C(F)(F)F)c3)N(c3ccccc3)[NH2+]2)c1. The molecule has 0 radical (unpaired) electrons. The number of hydrogen-bond donors (Lipinski definition) is 1. The second-order valence-corrected chi connectivity index (χ2v) is 12.0. The summed E-state index contributed by atoms with van der Waals surface area (Å²) in [6, 6.07) is 32.4. The Morgan fingerprint density at radius 3 is 2.17 bits per heavy atom. The number of quaternary nitrogens is 1. The number of amidine groups is 1. The summed E-state index contributed by atoms with van der Waals surface area (Å²) in [7, 11) is -2.88. The highest BCUT2D eigenvalue weighted by Gasteiger charge is 2.35. The molecule has 0 unspecified atom stereocenters. The number of para-hydroxylation sites is 1. The van der Waals surface area contributed by atoms with Gasteiger partial charge in [0.25, 0.3) is 5.84 Å². The summed E-state index contributed by atoms with van der Waals surface area (Å²) in [6.07, 6.45) is -4.43. The highest BCUT2D eigenvalue weighted by molar-refractivity contribution is 7.86. The van der Waals surface area contributed by atoms with E-state index in [-0.39, 0.29) is 10.8 Å². The number of hydrazine groups is 1. The zero-order valence-corrected chi connectivity index (χ0v) is 26.0. The standard InChI is InChI=1S/C21H17F3N4O.C13H14O3S/c1-29-19-12-5-7-15(13-19)20-25-27(17-9-3-2-4-10-17)28(26-20)18-11-6-8-16(14-18)21(22,23)24;1-9(2)11-8-7-10-5-3-4-6-12(10)13(11)17(14,15)16/h2-14H,1H3,(H,25,26);3-9H,1-2H3,(H,14,15,16). The van der Waals surface area contributed by atoms with Crippen LogP contribution in [0.4, 0.5) is 24.5 Å². The Morgan fingerprint density at radius 1 is 0.826 bits per heavy atom. The molecule has 0 aliphatic carbocycles. The minimum absolute atomic E-state index is 0.00155. The fourth-order valence-corrected chi connectivity index (χ4v) is 6.06. The molecule has 238 valence electrons. The number of alkyl halides is 3. The van der Waals surface area contributed by atoms with Crippen LogP contribution in [0.1, 0.15) is 36.5 Å². The molecule has 1 heterocycles. The third kappa shape index (κ3) is 7.15. The van der Waals surface area contributed by atoms with Crippen LogP contribution in [0.5, 0.6) is 5.75 Å². The van der Waals surface area contributed by atoms with E-state index in [2.05, 4.69) is 5.10 Å². The molecule has 0 saturated heterocycles. The van der Waals surface area contributed by atoms with Gasteiger partial charge in [0.05, 0.1) is 28.8 Å². The summed E-state index contributed by atoms with van der Waals surface area (Å²) < 4.78 is 79.2. The fourth-order valence-electron chi connectivity index (χ4n) is 5.01. The molecule has 6 rings (SSSR count). The predicted molar refractivity (Wildman–Crippen MR) is 170 cm³/mol. The van der Waals surface area contributed by atoms with Crippen molar-refractivity contribution in [3.8, 4) is 5.75 Å². The summed E-state index contributed by atoms with van der Waals surface area (Å²) in [5, 5.41) is 9.03. The number of methoxy groups -OCH3 is 1. The van der Waals surface area contributed by atoms with Gasteiger partial charge in [0.1, 0.15) is 21.6 Å². The lowest BCUT2D eigenvalue weighted by Gasteiger charge is -2.24. The van der Waals surface area contributed by atoms with Crippen LogP contribution in [-0.2, 0) is 16.3 Å². The molecule has 1 aliphatic heterocycles. The quantitative estimate of drug-likeness (QED) is 0.163. The van der Waals surface area contributed by atoms with Crippen molar-refractivity contribution >= 4 is 38.1 Å². The number of hydrazone groups is 1. The molecule has 0 amide bonds. The van der Waals surface area contributed by atoms with Crippen LogP contribution >= 0.6 is 0 Å². The van der Waals surface area contributed by atoms with Crippen LogP contribution in [0, 0.1) is 0 Å². The fraction of sp³-hybridized carbons (Fsp3) is 0.147. The number of nitrogens with two attached hydrogens (primary N) is 1. The maximum absolute atomic E-state index is 13.2. The highest BCUT2D eigenvalue weighted by atomic mass is 32.2. The molecule has 1 aliphatic rings. The van der Waals surface area contributed by atoms with E-state index < -0.39 is 21.9 Å². The second kappa shape index (κ2) is 13.2. The van der Waals surface area contributed by atoms with Crippen LogP contribution in [0.2, 0.25) is 0 Å². The minimum Gasteiger partial charge on any atom is -0.744 e. The van der Waals surface area contributed by atoms with Gasteiger partial charge in [-0.05, 0) is 70.8 Å². The van der Waals surface area contributed by atoms with E-state index in [1.54, 1.807) is 48.0 Å². The van der Waals surface area contributed by atoms with Crippen molar-refractivity contribution in [1.82, 2.24) is 0 Å². The average Bonchev–Trinajstić information content (AvgIpc) is 3.50. The first kappa shape index (κ1) is 32.5. The van der Waals surface area contributed by atoms with Crippen molar-refractivity contribution in [2.45, 2.75) is 30.8 Å². The van der Waals surface area contributed by atoms with Gasteiger partial charge < -0.3 is 9.29 Å². The van der Waals surface area contributed by atoms with E-state index in [1.807, 2.05) is 80.6 Å². The van der Waals surface area contributed by atoms with Crippen LogP contribution in [0.15, 0.2) is 125 Å². The van der Waals surface area contributed by atoms with Gasteiger partial charge >= 0.3 is 6.18 Å². The number of anilines is 2. The van der Waals surface area contributed by atoms with Crippen LogP contribution < -0.4 is 20.4 Å². The molecule has 0 saturated carbocycles. The first-order valence-electron chi connectivity index (χ1n) is 14.2. The van der Waals surface area contributed by atoms with Crippen molar-refractivity contribution in [1.29, 1.82) is 0 Å². The molecule has 46 heavy (non-hydrogen) atoms. The number of benzene rings is 5. The largest absolute Gasteiger partial charge is 0.744 e. The zero-order chi connectivity index (χ0) is 33.1. The Labute approximate surface area is 265 Å². The van der Waals surface area contributed by atoms with E-state index in [4.69, 9.17) is 4.74 Å². The molecule has 0 bridgehead atoms. The van der Waals surface area contributed by atoms with Gasteiger partial charge in [-0.15, -0.1) is 10.2 Å². The maximum Gasteiger partial charge on any atom is 0.416 e. The van der Waals surface area contributed by atoms with Crippen LogP contribution in [0.3, 0.4) is 0 Å². The van der Waals surface area contributed by atoms with Crippen LogP contribution in [0.25, 0.3) is 10.8 Å². The normalized spacial score (nSPS) is 13.4. The van der Waals surface area contributed by atoms with E-state index in [0.717, 1.165) is 28.8 Å². The third-order valence-corrected chi connectivity index (χ3v) is 8.18. The average molecular weight is 649 g/mol. The molecule has 0 fully saturated rings. The van der Waals surface area contributed by atoms with Crippen molar-refractivity contribution < 1.29 is 36.3 Å². The maximum atomic E-state index is 13.2. The molecule has 12 heteroatoms. The smallest absolute Gasteiger partial charge is 0.416 e. The van der Waals surface area contributed by atoms with E-state index in [9.17, 15) is 26.1 Å². The van der Waals surface area contributed by atoms with Crippen LogP contribution in [-0.4, -0.2) is 25.9 Å². The number of nitrogens with zero attached hydrogens (tertiary/aromatic N) is 3. The molecule has 0 atom stereocenters. The Bertz CT molecular complexity index is 1980. The van der Waals surface area contributed by atoms with Crippen molar-refractivity contribution in [2.75, 3.05) is 17.3 Å². The minimum atomic E-state index is -4.46. The van der Waals surface area contributed by atoms with Gasteiger partial charge in [-0.2, -0.15) is 18.6 Å². The van der Waals surface area contributed by atoms with E-state index in [1.165, 1.54) is 11.2 Å². The number of rotatable bonds is 6. The molecule has 2 N–H and O–H groups in total. The molecule has 5 aromatic rings. The Morgan fingerprint density at radius 2 is 1.50 bits per heavy atom. The molecule has 0 spiro atoms. The lowest BCUT2D eigenvalue weighted by atomic mass is 9.99. The number of ether oxygens (including phenoxy) is 1. The van der Waals surface area contributed by atoms with Crippen molar-refractivity contribution in [2.24, 2.45) is 5.10 Å². The molecule has 5 aromatic carbocycles. The van der Waals surface area contributed by atoms with Crippen molar-refractivity contribution in [3.05, 3.63) is 132 Å². The van der Waals surface area contributed by atoms with Gasteiger partial charge in [-0.25, -0.2) is 8.42 Å². The van der Waals surface area contributed by atoms with Crippen molar-refractivity contribution in [3.63, 3.8) is 0 Å². The van der Waals surface area contributed by atoms with Gasteiger partial charge in [-0.1, -0.05) is 85.7 Å². The first-order chi connectivity index (χ1) is 21.9. The summed E-state index contributed by atoms with van der Waals surface area (Å²) >= 11 is 0. The summed E-state index contributed by atoms with van der Waals surface area (Å²) in [5.41, 5.74) is 3.50. The lowest BCUT2D eigenvalue weighted by Crippen LogP contribution is -2.96. The number of fused-ring (bicyclic) bond motifs is 1. The monoisotopic (exact) mass is 648 g/mol. The van der Waals surface area contributed by atoms with E-state index >= 15 is 0 Å². The zero-order valence-electron chi connectivity index (χ0n) is 25.1. The molecular formula is C34H31F3N4O4S. The Balaban J connectivity index is 0.000000209. The predicted octanol–water partition coefficient (Wildman–Crippen LogP) is 6.66.